The molecule has 0 heterocycles. The minimum atomic E-state index is -0.0602. The van der Waals surface area contributed by atoms with Gasteiger partial charge >= 0.3 is 0 Å². The van der Waals surface area contributed by atoms with Crippen molar-refractivity contribution in [2.75, 3.05) is 6.61 Å². The Morgan fingerprint density at radius 3 is 2.56 bits per heavy atom. The third-order valence-corrected chi connectivity index (χ3v) is 5.94. The van der Waals surface area contributed by atoms with Gasteiger partial charge in [-0.1, -0.05) is 76.3 Å². The van der Waals surface area contributed by atoms with Crippen molar-refractivity contribution in [1.29, 1.82) is 0 Å². The summed E-state index contributed by atoms with van der Waals surface area (Å²) >= 11 is 0. The highest BCUT2D eigenvalue weighted by atomic mass is 16.5. The minimum Gasteiger partial charge on any atom is -0.507 e. The van der Waals surface area contributed by atoms with E-state index in [0.29, 0.717) is 30.1 Å². The molecule has 3 rings (SSSR count). The number of amides is 1. The van der Waals surface area contributed by atoms with E-state index in [-0.39, 0.29) is 23.5 Å². The van der Waals surface area contributed by atoms with E-state index in [1.54, 1.807) is 6.07 Å². The molecule has 0 spiro atoms. The molecule has 1 aliphatic rings. The Balaban J connectivity index is 1.56. The van der Waals surface area contributed by atoms with Crippen LogP contribution in [0, 0.1) is 5.92 Å². The van der Waals surface area contributed by atoms with Gasteiger partial charge in [0, 0.05) is 17.5 Å². The van der Waals surface area contributed by atoms with Gasteiger partial charge in [-0.25, -0.2) is 5.43 Å². The van der Waals surface area contributed by atoms with Crippen LogP contribution in [0.25, 0.3) is 0 Å². The summed E-state index contributed by atoms with van der Waals surface area (Å²) in [5, 5.41) is 14.9. The van der Waals surface area contributed by atoms with Crippen LogP contribution in [-0.2, 0) is 4.79 Å². The van der Waals surface area contributed by atoms with E-state index in [0.717, 1.165) is 25.7 Å². The molecule has 1 saturated carbocycles. The molecule has 2 atom stereocenters. The maximum Gasteiger partial charge on any atom is 0.243 e. The van der Waals surface area contributed by atoms with Gasteiger partial charge in [-0.05, 0) is 42.9 Å². The quantitative estimate of drug-likeness (QED) is 0.224. The lowest BCUT2D eigenvalue weighted by Crippen LogP contribution is -2.22. The van der Waals surface area contributed by atoms with Crippen LogP contribution in [-0.4, -0.2) is 23.3 Å². The van der Waals surface area contributed by atoms with Crippen molar-refractivity contribution >= 4 is 11.6 Å². The summed E-state index contributed by atoms with van der Waals surface area (Å²) in [6.07, 6.45) is 8.29. The summed E-state index contributed by atoms with van der Waals surface area (Å²) in [6.45, 7) is 4.91. The van der Waals surface area contributed by atoms with Gasteiger partial charge in [-0.2, -0.15) is 5.10 Å². The number of nitrogens with one attached hydrogen (secondary N) is 1. The van der Waals surface area contributed by atoms with Crippen LogP contribution in [0.15, 0.2) is 53.6 Å². The molecule has 1 fully saturated rings. The molecule has 1 amide bonds. The number of carbonyl (C=O) groups is 1. The summed E-state index contributed by atoms with van der Waals surface area (Å²) in [6, 6.07) is 15.4. The molecule has 5 heteroatoms. The van der Waals surface area contributed by atoms with Crippen LogP contribution >= 0.6 is 0 Å². The van der Waals surface area contributed by atoms with Gasteiger partial charge in [0.2, 0.25) is 5.91 Å². The van der Waals surface area contributed by atoms with E-state index in [2.05, 4.69) is 36.5 Å². The number of phenols is 1. The lowest BCUT2D eigenvalue weighted by molar-refractivity contribution is -0.122. The molecular weight excluding hydrogens is 400 g/mol. The number of hydrogen-bond acceptors (Lipinski definition) is 4. The van der Waals surface area contributed by atoms with Gasteiger partial charge in [0.1, 0.15) is 11.5 Å². The van der Waals surface area contributed by atoms with E-state index in [1.807, 2.05) is 30.3 Å². The predicted molar refractivity (Wildman–Crippen MR) is 129 cm³/mol. The maximum atomic E-state index is 12.6. The van der Waals surface area contributed by atoms with Gasteiger partial charge in [0.25, 0.3) is 0 Å². The van der Waals surface area contributed by atoms with Gasteiger partial charge in [0.15, 0.2) is 0 Å². The zero-order chi connectivity index (χ0) is 22.8. The molecule has 0 bridgehead atoms. The number of ether oxygens (including phenoxy) is 1. The summed E-state index contributed by atoms with van der Waals surface area (Å²) in [4.78, 5) is 12.6. The van der Waals surface area contributed by atoms with Crippen molar-refractivity contribution in [1.82, 2.24) is 5.43 Å². The average Bonchev–Trinajstić information content (AvgIpc) is 3.61. The topological polar surface area (TPSA) is 70.9 Å². The molecule has 2 N–H and O–H groups in total. The average molecular weight is 437 g/mol. The fraction of sp³-hybridized carbons (Fsp3) is 0.481. The molecule has 0 aromatic heterocycles. The number of aromatic hydroxyl groups is 1. The lowest BCUT2D eigenvalue weighted by Gasteiger charge is -2.11. The minimum absolute atomic E-state index is 0.0364. The predicted octanol–water partition coefficient (Wildman–Crippen LogP) is 6.17. The van der Waals surface area contributed by atoms with Gasteiger partial charge in [-0.15, -0.1) is 0 Å². The molecule has 1 aliphatic carbocycles. The Labute approximate surface area is 191 Å². The molecule has 2 aromatic carbocycles. The number of carbonyl (C=O) groups excluding carboxylic acids is 1. The zero-order valence-electron chi connectivity index (χ0n) is 19.3. The van der Waals surface area contributed by atoms with Crippen molar-refractivity contribution in [2.24, 2.45) is 11.0 Å². The fourth-order valence-corrected chi connectivity index (χ4v) is 3.99. The fourth-order valence-electron chi connectivity index (χ4n) is 3.99. The highest BCUT2D eigenvalue weighted by molar-refractivity contribution is 6.03. The van der Waals surface area contributed by atoms with Crippen LogP contribution in [0.5, 0.6) is 11.5 Å². The highest BCUT2D eigenvalue weighted by Gasteiger charge is 2.43. The van der Waals surface area contributed by atoms with Crippen LogP contribution in [0.1, 0.15) is 82.3 Å². The molecule has 2 aromatic rings. The van der Waals surface area contributed by atoms with Gasteiger partial charge < -0.3 is 9.84 Å². The molecule has 5 nitrogen and oxygen atoms in total. The number of nitrogens with zero attached hydrogens (tertiary/aromatic N) is 1. The highest BCUT2D eigenvalue weighted by Crippen LogP contribution is 2.47. The first-order valence-electron chi connectivity index (χ1n) is 12.0. The van der Waals surface area contributed by atoms with Gasteiger partial charge in [0.05, 0.1) is 12.3 Å². The first kappa shape index (κ1) is 23.8. The smallest absolute Gasteiger partial charge is 0.243 e. The zero-order valence-corrected chi connectivity index (χ0v) is 19.3. The SMILES string of the molecule is CCCCCCCOc1ccc(/C(CCC)=N\NC(=O)[C@H]2C[C@@H]2c2ccccc2)c(O)c1. The van der Waals surface area contributed by atoms with Crippen molar-refractivity contribution in [2.45, 2.75) is 71.1 Å². The number of unbranched alkanes of at least 4 members (excludes halogenated alkanes) is 4. The summed E-state index contributed by atoms with van der Waals surface area (Å²) in [5.74, 6) is 0.961. The standard InChI is InChI=1S/C27H36N2O3/c1-3-5-6-7-11-17-32-21-15-16-22(26(30)18-21)25(12-4-2)28-29-27(31)24-19-23(24)20-13-9-8-10-14-20/h8-10,13-16,18,23-24,30H,3-7,11-12,17,19H2,1-2H3,(H,29,31)/b28-25-/t23-,24+/m1/s1. The first-order chi connectivity index (χ1) is 15.6. The largest absolute Gasteiger partial charge is 0.507 e. The Morgan fingerprint density at radius 1 is 1.06 bits per heavy atom. The molecule has 32 heavy (non-hydrogen) atoms. The first-order valence-corrected chi connectivity index (χ1v) is 12.0. The number of hydrogen-bond donors (Lipinski definition) is 2. The number of hydrazone groups is 1. The van der Waals surface area contributed by atoms with Gasteiger partial charge in [-0.3, -0.25) is 4.79 Å². The van der Waals surface area contributed by atoms with Crippen molar-refractivity contribution < 1.29 is 14.6 Å². The second-order valence-electron chi connectivity index (χ2n) is 8.59. The Kier molecular flexibility index (Phi) is 9.14. The Morgan fingerprint density at radius 2 is 1.84 bits per heavy atom. The maximum absolute atomic E-state index is 12.6. The Hall–Kier alpha value is -2.82. The third kappa shape index (κ3) is 6.84. The summed E-state index contributed by atoms with van der Waals surface area (Å²) < 4.78 is 5.78. The number of benzene rings is 2. The second-order valence-corrected chi connectivity index (χ2v) is 8.59. The van der Waals surface area contributed by atoms with E-state index < -0.39 is 0 Å². The summed E-state index contributed by atoms with van der Waals surface area (Å²) in [7, 11) is 0. The summed E-state index contributed by atoms with van der Waals surface area (Å²) in [5.41, 5.74) is 5.25. The third-order valence-electron chi connectivity index (χ3n) is 5.94. The van der Waals surface area contributed by atoms with Crippen LogP contribution < -0.4 is 10.2 Å². The van der Waals surface area contributed by atoms with Crippen molar-refractivity contribution in [3.63, 3.8) is 0 Å². The van der Waals surface area contributed by atoms with Crippen LogP contribution in [0.4, 0.5) is 0 Å². The van der Waals surface area contributed by atoms with Crippen LogP contribution in [0.3, 0.4) is 0 Å². The Bertz CT molecular complexity index is 895. The number of rotatable bonds is 13. The van der Waals surface area contributed by atoms with E-state index in [1.165, 1.54) is 24.8 Å². The van der Waals surface area contributed by atoms with E-state index in [9.17, 15) is 9.90 Å². The molecule has 0 unspecified atom stereocenters. The second kappa shape index (κ2) is 12.3. The molecular formula is C27H36N2O3. The normalized spacial score (nSPS) is 17.8. The molecule has 0 aliphatic heterocycles. The van der Waals surface area contributed by atoms with E-state index in [4.69, 9.17) is 4.74 Å². The number of phenolic OH excluding ortho intramolecular Hbond substituents is 1. The molecule has 0 saturated heterocycles. The monoisotopic (exact) mass is 436 g/mol. The van der Waals surface area contributed by atoms with Crippen molar-refractivity contribution in [3.8, 4) is 11.5 Å². The van der Waals surface area contributed by atoms with Crippen molar-refractivity contribution in [3.05, 3.63) is 59.7 Å². The van der Waals surface area contributed by atoms with E-state index >= 15 is 0 Å². The molecule has 172 valence electrons. The lowest BCUT2D eigenvalue weighted by atomic mass is 10.0. The van der Waals surface area contributed by atoms with Crippen LogP contribution in [0.2, 0.25) is 0 Å². The molecule has 0 radical (unpaired) electrons.